The molecule has 14 aromatic rings. The fourth-order valence-corrected chi connectivity index (χ4v) is 33.8. The molecular formula is C133H154B2ClN5S2. The number of hydrogen-bond donors (Lipinski definition) is 0. The first-order valence-electron chi connectivity index (χ1n) is 55.0. The number of rotatable bonds is 3. The van der Waals surface area contributed by atoms with Gasteiger partial charge in [0.05, 0.1) is 48.8 Å². The van der Waals surface area contributed by atoms with Crippen molar-refractivity contribution >= 4 is 189 Å². The largest absolute Gasteiger partial charge is 0.335 e. The number of thiophene rings is 2. The monoisotopic (exact) mass is 1940 g/mol. The predicted molar refractivity (Wildman–Crippen MR) is 626 cm³/mol. The lowest BCUT2D eigenvalue weighted by atomic mass is 9.33. The Morgan fingerprint density at radius 3 is 1.08 bits per heavy atom. The maximum absolute atomic E-state index is 7.42. The van der Waals surface area contributed by atoms with Crippen molar-refractivity contribution in [3.63, 3.8) is 0 Å². The first kappa shape index (κ1) is 95.7. The second-order valence-electron chi connectivity index (χ2n) is 54.9. The third-order valence-electron chi connectivity index (χ3n) is 40.3. The highest BCUT2D eigenvalue weighted by atomic mass is 35.5. The molecule has 736 valence electrons. The van der Waals surface area contributed by atoms with Crippen LogP contribution in [0.4, 0.5) is 68.2 Å². The van der Waals surface area contributed by atoms with Crippen molar-refractivity contribution in [1.82, 2.24) is 0 Å². The van der Waals surface area contributed by atoms with E-state index in [-0.39, 0.29) is 78.8 Å². The van der Waals surface area contributed by atoms with Gasteiger partial charge in [0.1, 0.15) is 0 Å². The highest BCUT2D eigenvalue weighted by molar-refractivity contribution is 7.27. The van der Waals surface area contributed by atoms with Gasteiger partial charge in [-0.3, -0.25) is 0 Å². The van der Waals surface area contributed by atoms with Gasteiger partial charge < -0.3 is 24.5 Å². The Morgan fingerprint density at radius 2 is 0.636 bits per heavy atom. The summed E-state index contributed by atoms with van der Waals surface area (Å²) < 4.78 is 5.44. The molecule has 0 spiro atoms. The summed E-state index contributed by atoms with van der Waals surface area (Å²) in [4.78, 5) is 14.1. The minimum absolute atomic E-state index is 0.00158. The molecule has 12 aliphatic rings. The smallest absolute Gasteiger partial charge is 0.252 e. The highest BCUT2D eigenvalue weighted by Gasteiger charge is 2.66. The van der Waals surface area contributed by atoms with Gasteiger partial charge in [0.2, 0.25) is 0 Å². The van der Waals surface area contributed by atoms with Gasteiger partial charge in [-0.05, 0) is 308 Å². The molecule has 0 N–H and O–H groups in total. The molecule has 0 bridgehead atoms. The lowest BCUT2D eigenvalue weighted by Crippen LogP contribution is -2.64. The van der Waals surface area contributed by atoms with Crippen LogP contribution in [0, 0.1) is 33.1 Å². The molecule has 10 heteroatoms. The molecule has 4 fully saturated rings. The van der Waals surface area contributed by atoms with Gasteiger partial charge in [0, 0.05) is 97.7 Å². The fraction of sp³-hybridized carbons (Fsp3) is 0.459. The molecule has 12 aromatic carbocycles. The standard InChI is InChI=1S/C66H76BN3S.C48H50BClN2S.C19H28/c1-39-32-42(61(6,7)8)33-40(2)56(39)68-52-37-44(69-51-27-24-41(60(3,4)5)34-47(51)63(12)28-18-20-30-65(63,69)14)38-53-55(52)67(49-26-25-46-45-22-16-17-23-54(45)71-59(46)58(49)68)50-36-43(62(9,10)11)35-48-57(50)70(53)66(15)31-21-19-29-64(48,66)13;1-27-21-29(45(3,4)5)22-28(2)41(27)51-37-25-31(50)26-38-40(37)49(35-18-17-33-32-15-11-12-16-39(32)53-44(33)43(35)51)36-24-30(46(6,7)8)23-34-42(36)52(38)48(10)20-14-13-19-47(34,48)9;1-17(2,3)15-9-8-14-13-18(4)10-6-7-11-19(18,5)16(14)12-15/h16-17,22-27,32-38H,18-21,28-31H2,1-15H3;11-12,15-18,21-26H,13-14,19-20H2,1-10H3;8-9,12H,6-7,10-11,13H2,1-5H3. The van der Waals surface area contributed by atoms with E-state index in [1.165, 1.54) is 306 Å². The van der Waals surface area contributed by atoms with Crippen LogP contribution in [0.1, 0.15) is 366 Å². The molecule has 4 saturated carbocycles. The minimum Gasteiger partial charge on any atom is -0.335 e. The Morgan fingerprint density at radius 1 is 0.287 bits per heavy atom. The van der Waals surface area contributed by atoms with Crippen LogP contribution in [0.5, 0.6) is 0 Å². The molecule has 5 nitrogen and oxygen atoms in total. The Kier molecular flexibility index (Phi) is 21.0. The molecule has 5 aliphatic carbocycles. The summed E-state index contributed by atoms with van der Waals surface area (Å²) in [6.45, 7) is 73.1. The van der Waals surface area contributed by atoms with Gasteiger partial charge in [-0.15, -0.1) is 22.7 Å². The van der Waals surface area contributed by atoms with E-state index in [1.54, 1.807) is 27.8 Å². The normalized spacial score (nSPS) is 25.1. The van der Waals surface area contributed by atoms with Crippen LogP contribution in [0.2, 0.25) is 5.02 Å². The maximum Gasteiger partial charge on any atom is 0.252 e. The second kappa shape index (κ2) is 31.3. The second-order valence-corrected chi connectivity index (χ2v) is 57.5. The summed E-state index contributed by atoms with van der Waals surface area (Å²) in [5.74, 6) is 0. The van der Waals surface area contributed by atoms with Crippen LogP contribution < -0.4 is 57.3 Å². The molecule has 9 heterocycles. The van der Waals surface area contributed by atoms with E-state index in [9.17, 15) is 0 Å². The van der Waals surface area contributed by atoms with Crippen molar-refractivity contribution in [3.05, 3.63) is 270 Å². The van der Waals surface area contributed by atoms with Crippen molar-refractivity contribution in [2.24, 2.45) is 5.41 Å². The molecule has 143 heavy (non-hydrogen) atoms. The average Bonchev–Trinajstić information content (AvgIpc) is 1.50. The quantitative estimate of drug-likeness (QED) is 0.163. The fourth-order valence-electron chi connectivity index (χ4n) is 31.1. The summed E-state index contributed by atoms with van der Waals surface area (Å²) in [5, 5.41) is 6.19. The van der Waals surface area contributed by atoms with E-state index in [1.807, 2.05) is 22.7 Å². The van der Waals surface area contributed by atoms with E-state index in [0.29, 0.717) is 10.8 Å². The summed E-state index contributed by atoms with van der Waals surface area (Å²) >= 11 is 11.4. The van der Waals surface area contributed by atoms with Crippen LogP contribution in [0.15, 0.2) is 182 Å². The molecule has 0 radical (unpaired) electrons. The van der Waals surface area contributed by atoms with Gasteiger partial charge in [0.25, 0.3) is 13.4 Å². The third kappa shape index (κ3) is 13.3. The van der Waals surface area contributed by atoms with E-state index in [2.05, 4.69) is 414 Å². The van der Waals surface area contributed by atoms with E-state index in [0.717, 1.165) is 5.02 Å². The van der Waals surface area contributed by atoms with Crippen molar-refractivity contribution in [1.29, 1.82) is 0 Å². The molecule has 8 unspecified atom stereocenters. The minimum atomic E-state index is -0.103. The Bertz CT molecular complexity index is 7760. The van der Waals surface area contributed by atoms with Crippen molar-refractivity contribution < 1.29 is 0 Å². The molecule has 0 amide bonds. The molecule has 2 aromatic heterocycles. The van der Waals surface area contributed by atoms with Gasteiger partial charge >= 0.3 is 0 Å². The van der Waals surface area contributed by atoms with Crippen LogP contribution in [0.3, 0.4) is 0 Å². The zero-order valence-electron chi connectivity index (χ0n) is 91.9. The average molecular weight is 1940 g/mol. The lowest BCUT2D eigenvalue weighted by Gasteiger charge is -2.54. The van der Waals surface area contributed by atoms with E-state index >= 15 is 0 Å². The van der Waals surface area contributed by atoms with E-state index < -0.39 is 0 Å². The molecular weight excluding hydrogens is 1790 g/mol. The Hall–Kier alpha value is -9.50. The number of benzene rings is 12. The third-order valence-corrected chi connectivity index (χ3v) is 42.9. The number of anilines is 12. The first-order chi connectivity index (χ1) is 67.2. The Labute approximate surface area is 870 Å². The van der Waals surface area contributed by atoms with Crippen molar-refractivity contribution in [3.8, 4) is 0 Å². The van der Waals surface area contributed by atoms with Crippen LogP contribution >= 0.6 is 34.3 Å². The predicted octanol–water partition coefficient (Wildman–Crippen LogP) is 34.3. The van der Waals surface area contributed by atoms with Gasteiger partial charge in [-0.2, -0.15) is 0 Å². The number of halogens is 1. The lowest BCUT2D eigenvalue weighted by molar-refractivity contribution is 0.109. The summed E-state index contributed by atoms with van der Waals surface area (Å²) in [5.41, 5.74) is 48.1. The zero-order valence-corrected chi connectivity index (χ0v) is 94.3. The first-order valence-corrected chi connectivity index (χ1v) is 57.0. The number of fused-ring (bicyclic) bond motifs is 28. The Balaban J connectivity index is 0.000000134. The van der Waals surface area contributed by atoms with Gasteiger partial charge in [-0.1, -0.05) is 362 Å². The molecule has 26 rings (SSSR count). The van der Waals surface area contributed by atoms with Crippen LogP contribution in [0.25, 0.3) is 40.3 Å². The number of aryl methyl sites for hydroxylation is 4. The zero-order chi connectivity index (χ0) is 101. The summed E-state index contributed by atoms with van der Waals surface area (Å²) in [6.07, 6.45) is 21.6. The molecule has 0 saturated heterocycles. The number of nitrogens with zero attached hydrogens (tertiary/aromatic N) is 5. The van der Waals surface area contributed by atoms with Crippen molar-refractivity contribution in [2.45, 2.75) is 388 Å². The molecule has 7 aliphatic heterocycles. The highest BCUT2D eigenvalue weighted by Crippen LogP contribution is 2.69. The van der Waals surface area contributed by atoms with Gasteiger partial charge in [0.15, 0.2) is 0 Å². The van der Waals surface area contributed by atoms with Crippen LogP contribution in [-0.4, -0.2) is 30.0 Å². The molecule has 8 atom stereocenters. The SMILES string of the molecule is CC(C)(C)c1ccc2c(c1)C1(C)CCCCC1(C)C2.Cc1cc(C(C)(C)C)cc(C)c1N1c2cc(Cl)cc3c2B(c2cc(C(C)(C)C)cc4c2N3C2(C)CCCCC42C)c2ccc3c(sc4ccccc43)c21.Cc1cc(C(C)(C)C)cc(C)c1N1c2cc(N3c4ccc(C(C)(C)C)cc4C4(C)CCCCC34C)cc3c2B(c2cc(C(C)(C)C)cc4c2N3C2(C)CCCCC42C)c2ccc3c(sc4ccccc43)c21. The van der Waals surface area contributed by atoms with Crippen LogP contribution in [-0.2, 0) is 60.6 Å². The maximum atomic E-state index is 7.42. The topological polar surface area (TPSA) is 16.2 Å². The van der Waals surface area contributed by atoms with Gasteiger partial charge in [-0.25, -0.2) is 0 Å². The summed E-state index contributed by atoms with van der Waals surface area (Å²) in [7, 11) is 0. The number of hydrogen-bond acceptors (Lipinski definition) is 7. The van der Waals surface area contributed by atoms with E-state index in [4.69, 9.17) is 11.6 Å². The van der Waals surface area contributed by atoms with Crippen molar-refractivity contribution in [2.75, 3.05) is 24.5 Å². The summed E-state index contributed by atoms with van der Waals surface area (Å²) in [6, 6.07) is 73.5.